The van der Waals surface area contributed by atoms with E-state index in [0.29, 0.717) is 19.3 Å². The molecular formula is C32H46O6. The summed E-state index contributed by atoms with van der Waals surface area (Å²) in [6.07, 6.45) is 7.09. The maximum absolute atomic E-state index is 14.0. The van der Waals surface area contributed by atoms with Gasteiger partial charge in [0.2, 0.25) is 0 Å². The van der Waals surface area contributed by atoms with Crippen molar-refractivity contribution in [3.05, 3.63) is 22.8 Å². The molecule has 0 aromatic heterocycles. The van der Waals surface area contributed by atoms with Crippen LogP contribution >= 0.6 is 0 Å². The predicted octanol–water partition coefficient (Wildman–Crippen LogP) is 6.47. The Balaban J connectivity index is 1.71. The van der Waals surface area contributed by atoms with Gasteiger partial charge in [-0.1, -0.05) is 53.2 Å². The largest absolute Gasteiger partial charge is 0.478 e. The van der Waals surface area contributed by atoms with Gasteiger partial charge in [-0.25, -0.2) is 4.79 Å². The van der Waals surface area contributed by atoms with Gasteiger partial charge in [0.1, 0.15) is 11.9 Å². The van der Waals surface area contributed by atoms with Crippen LogP contribution in [0.15, 0.2) is 22.8 Å². The Morgan fingerprint density at radius 1 is 1.05 bits per heavy atom. The first-order valence-corrected chi connectivity index (χ1v) is 14.4. The molecule has 7 atom stereocenters. The number of rotatable bonds is 6. The molecule has 6 heteroatoms. The highest BCUT2D eigenvalue weighted by Crippen LogP contribution is 2.71. The van der Waals surface area contributed by atoms with Gasteiger partial charge in [-0.05, 0) is 67.6 Å². The Morgan fingerprint density at radius 3 is 2.32 bits per heavy atom. The normalized spacial score (nSPS) is 38.2. The van der Waals surface area contributed by atoms with E-state index < -0.39 is 17.5 Å². The number of hydrogen-bond acceptors (Lipinski definition) is 5. The molecule has 38 heavy (non-hydrogen) atoms. The van der Waals surface area contributed by atoms with E-state index in [1.165, 1.54) is 12.5 Å². The monoisotopic (exact) mass is 526 g/mol. The summed E-state index contributed by atoms with van der Waals surface area (Å²) < 4.78 is 5.77. The summed E-state index contributed by atoms with van der Waals surface area (Å²) in [7, 11) is 0. The van der Waals surface area contributed by atoms with Crippen LogP contribution in [0.2, 0.25) is 0 Å². The number of fused-ring (bicyclic) bond motifs is 4. The highest BCUT2D eigenvalue weighted by molar-refractivity contribution is 6.00. The molecule has 0 aromatic carbocycles. The van der Waals surface area contributed by atoms with Crippen molar-refractivity contribution in [3.63, 3.8) is 0 Å². The van der Waals surface area contributed by atoms with E-state index in [-0.39, 0.29) is 57.1 Å². The molecule has 0 spiro atoms. The maximum Gasteiger partial charge on any atom is 0.330 e. The Hall–Kier alpha value is -2.24. The number of carbonyl (C=O) groups excluding carboxylic acids is 3. The summed E-state index contributed by atoms with van der Waals surface area (Å²) >= 11 is 0. The van der Waals surface area contributed by atoms with Gasteiger partial charge in [0.25, 0.3) is 0 Å². The van der Waals surface area contributed by atoms with Crippen LogP contribution in [0.25, 0.3) is 0 Å². The number of ether oxygens (including phenoxy) is 1. The van der Waals surface area contributed by atoms with E-state index >= 15 is 0 Å². The smallest absolute Gasteiger partial charge is 0.330 e. The molecule has 0 saturated heterocycles. The first-order chi connectivity index (χ1) is 17.5. The van der Waals surface area contributed by atoms with Gasteiger partial charge in [-0.3, -0.25) is 14.4 Å². The number of carboxylic acids is 1. The van der Waals surface area contributed by atoms with E-state index in [4.69, 9.17) is 4.74 Å². The standard InChI is InChI=1S/C32H46O6/c1-18(28(36)37)9-10-24(38-20(3)33)19(2)21-11-16-32(8)27-22(12-15-31(21,32)7)30(6)14-13-26(35)29(4,5)25(30)17-23(27)34/h9,19,21,24-25H,10-17H2,1-8H3,(H,36,37). The lowest BCUT2D eigenvalue weighted by molar-refractivity contribution is -0.151. The number of carboxylic acid groups (broad SMARTS) is 1. The molecule has 210 valence electrons. The highest BCUT2D eigenvalue weighted by atomic mass is 16.5. The Kier molecular flexibility index (Phi) is 7.15. The third-order valence-electron chi connectivity index (χ3n) is 11.9. The zero-order valence-corrected chi connectivity index (χ0v) is 24.5. The van der Waals surface area contributed by atoms with E-state index in [9.17, 15) is 24.3 Å². The van der Waals surface area contributed by atoms with Crippen LogP contribution in [-0.2, 0) is 23.9 Å². The van der Waals surface area contributed by atoms with Crippen LogP contribution in [0.1, 0.15) is 107 Å². The van der Waals surface area contributed by atoms with E-state index in [2.05, 4.69) is 27.7 Å². The fourth-order valence-corrected chi connectivity index (χ4v) is 9.27. The van der Waals surface area contributed by atoms with Crippen LogP contribution in [0, 0.1) is 39.4 Å². The molecule has 0 amide bonds. The number of esters is 1. The lowest BCUT2D eigenvalue weighted by Gasteiger charge is -2.60. The zero-order chi connectivity index (χ0) is 28.4. The minimum atomic E-state index is -0.971. The molecule has 0 heterocycles. The summed E-state index contributed by atoms with van der Waals surface area (Å²) in [5, 5.41) is 9.31. The second kappa shape index (κ2) is 9.45. The lowest BCUT2D eigenvalue weighted by Crippen LogP contribution is -2.56. The molecule has 2 fully saturated rings. The molecule has 0 bridgehead atoms. The van der Waals surface area contributed by atoms with Crippen molar-refractivity contribution in [3.8, 4) is 0 Å². The van der Waals surface area contributed by atoms with Gasteiger partial charge >= 0.3 is 11.9 Å². The predicted molar refractivity (Wildman–Crippen MR) is 145 cm³/mol. The summed E-state index contributed by atoms with van der Waals surface area (Å²) in [5.41, 5.74) is 1.55. The highest BCUT2D eigenvalue weighted by Gasteiger charge is 2.65. The van der Waals surface area contributed by atoms with Gasteiger partial charge < -0.3 is 9.84 Å². The van der Waals surface area contributed by atoms with E-state index in [1.54, 1.807) is 13.0 Å². The third kappa shape index (κ3) is 4.12. The minimum absolute atomic E-state index is 0.0129. The molecule has 0 aromatic rings. The van der Waals surface area contributed by atoms with Crippen molar-refractivity contribution in [2.24, 2.45) is 39.4 Å². The van der Waals surface area contributed by atoms with Crippen LogP contribution in [0.3, 0.4) is 0 Å². The fraction of sp³-hybridized carbons (Fsp3) is 0.750. The van der Waals surface area contributed by atoms with Crippen LogP contribution < -0.4 is 0 Å². The van der Waals surface area contributed by atoms with Crippen LogP contribution in [-0.4, -0.2) is 34.7 Å². The maximum atomic E-state index is 14.0. The summed E-state index contributed by atoms with van der Waals surface area (Å²) in [4.78, 5) is 50.2. The quantitative estimate of drug-likeness (QED) is 0.314. The number of aliphatic carboxylic acids is 1. The molecule has 0 radical (unpaired) electrons. The summed E-state index contributed by atoms with van der Waals surface area (Å²) in [6, 6.07) is 0. The van der Waals surface area contributed by atoms with Crippen molar-refractivity contribution in [1.29, 1.82) is 0 Å². The van der Waals surface area contributed by atoms with Crippen molar-refractivity contribution < 1.29 is 29.0 Å². The van der Waals surface area contributed by atoms with Gasteiger partial charge in [-0.2, -0.15) is 0 Å². The lowest BCUT2D eigenvalue weighted by atomic mass is 9.43. The molecular weight excluding hydrogens is 480 g/mol. The van der Waals surface area contributed by atoms with Crippen molar-refractivity contribution in [2.75, 3.05) is 0 Å². The molecule has 4 rings (SSSR count). The Bertz CT molecular complexity index is 1130. The van der Waals surface area contributed by atoms with Gasteiger partial charge in [0.15, 0.2) is 5.78 Å². The number of Topliss-reactive ketones (excluding diaryl/α,β-unsaturated/α-hetero) is 2. The first kappa shape index (κ1) is 28.8. The van der Waals surface area contributed by atoms with Crippen molar-refractivity contribution in [2.45, 2.75) is 113 Å². The summed E-state index contributed by atoms with van der Waals surface area (Å²) in [6.45, 7) is 16.1. The number of hydrogen-bond donors (Lipinski definition) is 1. The second-order valence-corrected chi connectivity index (χ2v) is 13.9. The van der Waals surface area contributed by atoms with Crippen molar-refractivity contribution >= 4 is 23.5 Å². The summed E-state index contributed by atoms with van der Waals surface area (Å²) in [5.74, 6) is -0.541. The number of carbonyl (C=O) groups is 4. The molecule has 6 nitrogen and oxygen atoms in total. The fourth-order valence-electron chi connectivity index (χ4n) is 9.27. The zero-order valence-electron chi connectivity index (χ0n) is 24.5. The Morgan fingerprint density at radius 2 is 1.71 bits per heavy atom. The van der Waals surface area contributed by atoms with Gasteiger partial charge in [-0.15, -0.1) is 0 Å². The SMILES string of the molecule is CC(=O)OC(CC=C(C)C(=O)O)C(C)C1CCC2(C)C3=C(CCC12C)C1(C)CCC(=O)C(C)(C)C1CC3=O. The molecule has 1 N–H and O–H groups in total. The second-order valence-electron chi connectivity index (χ2n) is 13.9. The number of ketones is 2. The average molecular weight is 527 g/mol. The number of allylic oxidation sites excluding steroid dienone is 2. The molecule has 4 aliphatic rings. The third-order valence-corrected chi connectivity index (χ3v) is 11.9. The topological polar surface area (TPSA) is 97.7 Å². The van der Waals surface area contributed by atoms with Crippen LogP contribution in [0.5, 0.6) is 0 Å². The van der Waals surface area contributed by atoms with E-state index in [1.807, 2.05) is 13.8 Å². The average Bonchev–Trinajstić information content (AvgIpc) is 3.11. The Labute approximate surface area is 227 Å². The minimum Gasteiger partial charge on any atom is -0.478 e. The molecule has 2 saturated carbocycles. The van der Waals surface area contributed by atoms with Crippen LogP contribution in [0.4, 0.5) is 0 Å². The first-order valence-electron chi connectivity index (χ1n) is 14.4. The van der Waals surface area contributed by atoms with Gasteiger partial charge in [0, 0.05) is 48.2 Å². The molecule has 7 unspecified atom stereocenters. The van der Waals surface area contributed by atoms with E-state index in [0.717, 1.165) is 37.7 Å². The molecule has 0 aliphatic heterocycles. The van der Waals surface area contributed by atoms with Gasteiger partial charge in [0.05, 0.1) is 0 Å². The van der Waals surface area contributed by atoms with Crippen molar-refractivity contribution in [1.82, 2.24) is 0 Å². The molecule has 4 aliphatic carbocycles.